The molecule has 0 radical (unpaired) electrons. The fraction of sp³-hybridized carbons (Fsp3) is 0.625. The fourth-order valence-corrected chi connectivity index (χ4v) is 1.97. The van der Waals surface area contributed by atoms with Gasteiger partial charge in [0.15, 0.2) is 0 Å². The first kappa shape index (κ1) is 11.7. The number of ether oxygens (including phenoxy) is 1. The van der Waals surface area contributed by atoms with E-state index in [1.807, 2.05) is 0 Å². The van der Waals surface area contributed by atoms with Crippen molar-refractivity contribution >= 4 is 23.1 Å². The van der Waals surface area contributed by atoms with E-state index in [2.05, 4.69) is 9.69 Å². The van der Waals surface area contributed by atoms with Gasteiger partial charge in [0, 0.05) is 13.2 Å². The van der Waals surface area contributed by atoms with Crippen LogP contribution in [-0.4, -0.2) is 29.7 Å². The maximum Gasteiger partial charge on any atom is 0.244 e. The Balaban J connectivity index is 2.39. The summed E-state index contributed by atoms with van der Waals surface area (Å²) in [5, 5.41) is 12.3. The molecule has 0 aromatic carbocycles. The van der Waals surface area contributed by atoms with Crippen LogP contribution in [0.5, 0.6) is 5.88 Å². The second-order valence-corrected chi connectivity index (χ2v) is 3.92. The predicted molar refractivity (Wildman–Crippen MR) is 57.1 cm³/mol. The molecule has 0 saturated heterocycles. The van der Waals surface area contributed by atoms with Gasteiger partial charge in [0.2, 0.25) is 5.88 Å². The predicted octanol–water partition coefficient (Wildman–Crippen LogP) is 1.28. The van der Waals surface area contributed by atoms with Gasteiger partial charge in [-0.3, -0.25) is 0 Å². The van der Waals surface area contributed by atoms with Gasteiger partial charge in [-0.15, -0.1) is 0 Å². The third-order valence-electron chi connectivity index (χ3n) is 1.66. The monoisotopic (exact) mass is 236 g/mol. The second kappa shape index (κ2) is 6.19. The third-order valence-corrected chi connectivity index (χ3v) is 2.99. The Kier molecular flexibility index (Phi) is 5.17. The molecular weight excluding hydrogens is 224 g/mol. The SMILES string of the molecule is COc1nsc(CNCCCO)c1Cl. The average Bonchev–Trinajstić information content (AvgIpc) is 2.55. The Bertz CT molecular complexity index is 280. The zero-order valence-corrected chi connectivity index (χ0v) is 9.49. The van der Waals surface area contributed by atoms with Gasteiger partial charge in [-0.25, -0.2) is 0 Å². The van der Waals surface area contributed by atoms with Crippen molar-refractivity contribution in [2.45, 2.75) is 13.0 Å². The Morgan fingerprint density at radius 3 is 3.00 bits per heavy atom. The molecule has 6 heteroatoms. The van der Waals surface area contributed by atoms with Crippen LogP contribution in [0, 0.1) is 0 Å². The van der Waals surface area contributed by atoms with Crippen molar-refractivity contribution in [2.24, 2.45) is 0 Å². The smallest absolute Gasteiger partial charge is 0.244 e. The molecule has 1 heterocycles. The fourth-order valence-electron chi connectivity index (χ4n) is 0.939. The number of halogens is 1. The van der Waals surface area contributed by atoms with Gasteiger partial charge in [0.25, 0.3) is 0 Å². The summed E-state index contributed by atoms with van der Waals surface area (Å²) in [6.07, 6.45) is 0.744. The highest BCUT2D eigenvalue weighted by molar-refractivity contribution is 7.06. The maximum absolute atomic E-state index is 8.56. The van der Waals surface area contributed by atoms with E-state index < -0.39 is 0 Å². The van der Waals surface area contributed by atoms with Gasteiger partial charge < -0.3 is 15.2 Å². The molecule has 0 saturated carbocycles. The number of methoxy groups -OCH3 is 1. The Hall–Kier alpha value is -0.360. The van der Waals surface area contributed by atoms with Gasteiger partial charge in [0.05, 0.1) is 12.0 Å². The van der Waals surface area contributed by atoms with Crippen LogP contribution in [0.3, 0.4) is 0 Å². The molecule has 1 aromatic rings. The lowest BCUT2D eigenvalue weighted by atomic mass is 10.4. The molecule has 0 unspecified atom stereocenters. The highest BCUT2D eigenvalue weighted by atomic mass is 35.5. The van der Waals surface area contributed by atoms with E-state index in [4.69, 9.17) is 21.4 Å². The summed E-state index contributed by atoms with van der Waals surface area (Å²) in [6, 6.07) is 0. The summed E-state index contributed by atoms with van der Waals surface area (Å²) in [5.74, 6) is 0.482. The molecule has 80 valence electrons. The lowest BCUT2D eigenvalue weighted by Crippen LogP contribution is -2.15. The summed E-state index contributed by atoms with van der Waals surface area (Å²) in [5.41, 5.74) is 0. The van der Waals surface area contributed by atoms with Crippen LogP contribution < -0.4 is 10.1 Å². The Morgan fingerprint density at radius 2 is 2.43 bits per heavy atom. The molecule has 0 bridgehead atoms. The van der Waals surface area contributed by atoms with Crippen molar-refractivity contribution in [1.29, 1.82) is 0 Å². The van der Waals surface area contributed by atoms with E-state index >= 15 is 0 Å². The van der Waals surface area contributed by atoms with Crippen molar-refractivity contribution in [2.75, 3.05) is 20.3 Å². The van der Waals surface area contributed by atoms with E-state index in [-0.39, 0.29) is 6.61 Å². The van der Waals surface area contributed by atoms with Crippen LogP contribution in [0.4, 0.5) is 0 Å². The highest BCUT2D eigenvalue weighted by Crippen LogP contribution is 2.30. The molecule has 0 aliphatic heterocycles. The average molecular weight is 237 g/mol. The molecule has 4 nitrogen and oxygen atoms in total. The largest absolute Gasteiger partial charge is 0.479 e. The standard InChI is InChI=1S/C8H13ClN2O2S/c1-13-8-7(9)6(14-11-8)5-10-3-2-4-12/h10,12H,2-5H2,1H3. The summed E-state index contributed by atoms with van der Waals surface area (Å²) < 4.78 is 8.98. The Labute approximate surface area is 92.0 Å². The summed E-state index contributed by atoms with van der Waals surface area (Å²) in [7, 11) is 1.55. The number of rotatable bonds is 6. The zero-order chi connectivity index (χ0) is 10.4. The number of aromatic nitrogens is 1. The van der Waals surface area contributed by atoms with Gasteiger partial charge in [0.1, 0.15) is 5.02 Å². The molecule has 0 aliphatic carbocycles. The molecule has 2 N–H and O–H groups in total. The number of aliphatic hydroxyl groups is 1. The molecule has 0 aliphatic rings. The topological polar surface area (TPSA) is 54.4 Å². The minimum Gasteiger partial charge on any atom is -0.479 e. The zero-order valence-electron chi connectivity index (χ0n) is 7.92. The highest BCUT2D eigenvalue weighted by Gasteiger charge is 2.10. The van der Waals surface area contributed by atoms with Crippen LogP contribution in [0.25, 0.3) is 0 Å². The van der Waals surface area contributed by atoms with Crippen molar-refractivity contribution in [3.63, 3.8) is 0 Å². The number of nitrogens with one attached hydrogen (secondary N) is 1. The van der Waals surface area contributed by atoms with Crippen molar-refractivity contribution in [1.82, 2.24) is 9.69 Å². The molecule has 0 amide bonds. The second-order valence-electron chi connectivity index (χ2n) is 2.68. The van der Waals surface area contributed by atoms with Crippen molar-refractivity contribution in [3.05, 3.63) is 9.90 Å². The van der Waals surface area contributed by atoms with Crippen molar-refractivity contribution < 1.29 is 9.84 Å². The minimum atomic E-state index is 0.201. The first-order chi connectivity index (χ1) is 6.79. The molecular formula is C8H13ClN2O2S. The van der Waals surface area contributed by atoms with Crippen LogP contribution in [0.15, 0.2) is 0 Å². The first-order valence-corrected chi connectivity index (χ1v) is 5.44. The van der Waals surface area contributed by atoms with Crippen molar-refractivity contribution in [3.8, 4) is 5.88 Å². The van der Waals surface area contributed by atoms with Gasteiger partial charge in [-0.05, 0) is 24.5 Å². The van der Waals surface area contributed by atoms with Crippen LogP contribution >= 0.6 is 23.1 Å². The summed E-state index contributed by atoms with van der Waals surface area (Å²) >= 11 is 7.30. The minimum absolute atomic E-state index is 0.201. The van der Waals surface area contributed by atoms with Crippen LogP contribution in [-0.2, 0) is 6.54 Å². The third kappa shape index (κ3) is 3.09. The molecule has 1 rings (SSSR count). The lowest BCUT2D eigenvalue weighted by molar-refractivity contribution is 0.286. The maximum atomic E-state index is 8.56. The number of hydrogen-bond acceptors (Lipinski definition) is 5. The number of aliphatic hydroxyl groups excluding tert-OH is 1. The van der Waals surface area contributed by atoms with E-state index in [0.717, 1.165) is 17.8 Å². The molecule has 0 atom stereocenters. The lowest BCUT2D eigenvalue weighted by Gasteiger charge is -2.00. The Morgan fingerprint density at radius 1 is 1.64 bits per heavy atom. The molecule has 1 aromatic heterocycles. The van der Waals surface area contributed by atoms with Gasteiger partial charge >= 0.3 is 0 Å². The van der Waals surface area contributed by atoms with Gasteiger partial charge in [-0.2, -0.15) is 4.37 Å². The normalized spacial score (nSPS) is 10.5. The van der Waals surface area contributed by atoms with E-state index in [0.29, 0.717) is 17.4 Å². The van der Waals surface area contributed by atoms with E-state index in [1.165, 1.54) is 11.5 Å². The summed E-state index contributed by atoms with van der Waals surface area (Å²) in [6.45, 7) is 1.64. The molecule has 0 fully saturated rings. The summed E-state index contributed by atoms with van der Waals surface area (Å²) in [4.78, 5) is 0.960. The van der Waals surface area contributed by atoms with Crippen LogP contribution in [0.2, 0.25) is 5.02 Å². The van der Waals surface area contributed by atoms with E-state index in [1.54, 1.807) is 7.11 Å². The number of hydrogen-bond donors (Lipinski definition) is 2. The molecule has 0 spiro atoms. The van der Waals surface area contributed by atoms with Gasteiger partial charge in [-0.1, -0.05) is 11.6 Å². The number of nitrogens with zero attached hydrogens (tertiary/aromatic N) is 1. The first-order valence-electron chi connectivity index (χ1n) is 4.29. The van der Waals surface area contributed by atoms with Crippen LogP contribution in [0.1, 0.15) is 11.3 Å². The van der Waals surface area contributed by atoms with E-state index in [9.17, 15) is 0 Å². The molecule has 14 heavy (non-hydrogen) atoms. The quantitative estimate of drug-likeness (QED) is 0.731.